The Bertz CT molecular complexity index is 712. The maximum absolute atomic E-state index is 11.9. The van der Waals surface area contributed by atoms with Crippen molar-refractivity contribution < 1.29 is 19.1 Å². The van der Waals surface area contributed by atoms with Crippen LogP contribution in [0.3, 0.4) is 0 Å². The van der Waals surface area contributed by atoms with Crippen LogP contribution in [0.5, 0.6) is 0 Å². The number of hydrogen-bond acceptors (Lipinski definition) is 5. The van der Waals surface area contributed by atoms with Gasteiger partial charge < -0.3 is 9.47 Å². The van der Waals surface area contributed by atoms with Gasteiger partial charge in [0, 0.05) is 10.4 Å². The number of pyridine rings is 1. The first-order valence-electron chi connectivity index (χ1n) is 5.76. The van der Waals surface area contributed by atoms with Gasteiger partial charge in [0.05, 0.1) is 25.3 Å². The predicted octanol–water partition coefficient (Wildman–Crippen LogP) is 2.77. The summed E-state index contributed by atoms with van der Waals surface area (Å²) >= 11 is 5.95. The quantitative estimate of drug-likeness (QED) is 0.797. The average Bonchev–Trinajstić information content (AvgIpc) is 2.46. The molecule has 1 aromatic heterocycles. The number of benzene rings is 1. The molecule has 0 radical (unpaired) electrons. The first kappa shape index (κ1) is 14.3. The van der Waals surface area contributed by atoms with Crippen molar-refractivity contribution in [2.45, 2.75) is 6.92 Å². The first-order chi connectivity index (χ1) is 9.49. The molecule has 0 saturated carbocycles. The molecule has 5 nitrogen and oxygen atoms in total. The van der Waals surface area contributed by atoms with Crippen LogP contribution in [0.4, 0.5) is 0 Å². The fourth-order valence-electron chi connectivity index (χ4n) is 1.99. The highest BCUT2D eigenvalue weighted by atomic mass is 35.5. The minimum Gasteiger partial charge on any atom is -0.465 e. The van der Waals surface area contributed by atoms with Crippen molar-refractivity contribution in [2.24, 2.45) is 0 Å². The van der Waals surface area contributed by atoms with Crippen LogP contribution in [-0.2, 0) is 9.47 Å². The summed E-state index contributed by atoms with van der Waals surface area (Å²) in [6.07, 6.45) is 0. The molecule has 20 heavy (non-hydrogen) atoms. The summed E-state index contributed by atoms with van der Waals surface area (Å²) in [7, 11) is 2.47. The number of methoxy groups -OCH3 is 2. The zero-order chi connectivity index (χ0) is 14.9. The van der Waals surface area contributed by atoms with Gasteiger partial charge in [0.1, 0.15) is 0 Å². The zero-order valence-corrected chi connectivity index (χ0v) is 11.9. The second-order valence-electron chi connectivity index (χ2n) is 4.11. The van der Waals surface area contributed by atoms with Gasteiger partial charge in [-0.05, 0) is 30.7 Å². The van der Waals surface area contributed by atoms with E-state index < -0.39 is 11.9 Å². The SMILES string of the molecule is COC(=O)c1nc2ccc(Cl)cc2c(C)c1C(=O)OC. The number of aromatic nitrogens is 1. The lowest BCUT2D eigenvalue weighted by atomic mass is 10.0. The lowest BCUT2D eigenvalue weighted by Gasteiger charge is -2.11. The molecule has 0 saturated heterocycles. The van der Waals surface area contributed by atoms with E-state index in [-0.39, 0.29) is 11.3 Å². The van der Waals surface area contributed by atoms with Gasteiger partial charge in [-0.15, -0.1) is 0 Å². The Balaban J connectivity index is 2.86. The first-order valence-corrected chi connectivity index (χ1v) is 6.14. The van der Waals surface area contributed by atoms with E-state index >= 15 is 0 Å². The zero-order valence-electron chi connectivity index (χ0n) is 11.2. The Morgan fingerprint density at radius 3 is 2.40 bits per heavy atom. The van der Waals surface area contributed by atoms with Crippen LogP contribution in [0.2, 0.25) is 5.02 Å². The van der Waals surface area contributed by atoms with Crippen LogP contribution in [0.15, 0.2) is 18.2 Å². The van der Waals surface area contributed by atoms with Crippen molar-refractivity contribution >= 4 is 34.4 Å². The summed E-state index contributed by atoms with van der Waals surface area (Å²) in [5, 5.41) is 1.20. The molecule has 1 aromatic carbocycles. The molecule has 0 unspecified atom stereocenters. The van der Waals surface area contributed by atoms with E-state index in [4.69, 9.17) is 16.3 Å². The molecule has 0 aliphatic carbocycles. The van der Waals surface area contributed by atoms with Crippen molar-refractivity contribution in [3.63, 3.8) is 0 Å². The Morgan fingerprint density at radius 2 is 1.80 bits per heavy atom. The number of nitrogens with zero attached hydrogens (tertiary/aromatic N) is 1. The number of carbonyl (C=O) groups excluding carboxylic acids is 2. The number of esters is 2. The topological polar surface area (TPSA) is 65.5 Å². The predicted molar refractivity (Wildman–Crippen MR) is 74.2 cm³/mol. The molecule has 1 heterocycles. The van der Waals surface area contributed by atoms with Gasteiger partial charge in [0.2, 0.25) is 0 Å². The maximum atomic E-state index is 11.9. The second-order valence-corrected chi connectivity index (χ2v) is 4.54. The van der Waals surface area contributed by atoms with Gasteiger partial charge in [0.15, 0.2) is 5.69 Å². The molecule has 0 amide bonds. The van der Waals surface area contributed by atoms with Crippen LogP contribution in [0.25, 0.3) is 10.9 Å². The molecule has 6 heteroatoms. The van der Waals surface area contributed by atoms with Gasteiger partial charge in [-0.25, -0.2) is 14.6 Å². The third-order valence-electron chi connectivity index (χ3n) is 2.97. The van der Waals surface area contributed by atoms with E-state index in [2.05, 4.69) is 9.72 Å². The lowest BCUT2D eigenvalue weighted by molar-refractivity contribution is 0.0549. The summed E-state index contributed by atoms with van der Waals surface area (Å²) in [4.78, 5) is 27.9. The number of hydrogen-bond donors (Lipinski definition) is 0. The van der Waals surface area contributed by atoms with Gasteiger partial charge >= 0.3 is 11.9 Å². The summed E-state index contributed by atoms with van der Waals surface area (Å²) in [6, 6.07) is 5.03. The average molecular weight is 294 g/mol. The highest BCUT2D eigenvalue weighted by Crippen LogP contribution is 2.26. The highest BCUT2D eigenvalue weighted by Gasteiger charge is 2.24. The van der Waals surface area contributed by atoms with Crippen molar-refractivity contribution in [1.29, 1.82) is 0 Å². The van der Waals surface area contributed by atoms with Gasteiger partial charge in [0.25, 0.3) is 0 Å². The Hall–Kier alpha value is -2.14. The molecule has 2 aromatic rings. The summed E-state index contributed by atoms with van der Waals surface area (Å²) in [6.45, 7) is 1.71. The van der Waals surface area contributed by atoms with E-state index in [1.165, 1.54) is 14.2 Å². The molecule has 0 atom stereocenters. The van der Waals surface area contributed by atoms with E-state index in [9.17, 15) is 9.59 Å². The number of rotatable bonds is 2. The summed E-state index contributed by atoms with van der Waals surface area (Å²) in [5.74, 6) is -1.33. The number of ether oxygens (including phenoxy) is 2. The van der Waals surface area contributed by atoms with Crippen LogP contribution in [0, 0.1) is 6.92 Å². The molecule has 0 spiro atoms. The van der Waals surface area contributed by atoms with Crippen molar-refractivity contribution in [1.82, 2.24) is 4.98 Å². The normalized spacial score (nSPS) is 10.4. The second kappa shape index (κ2) is 5.46. The number of fused-ring (bicyclic) bond motifs is 1. The number of halogens is 1. The molecule has 0 bridgehead atoms. The van der Waals surface area contributed by atoms with Crippen molar-refractivity contribution in [3.05, 3.63) is 40.0 Å². The third-order valence-corrected chi connectivity index (χ3v) is 3.21. The van der Waals surface area contributed by atoms with E-state index in [1.54, 1.807) is 25.1 Å². The maximum Gasteiger partial charge on any atom is 0.357 e. The molecule has 0 aliphatic heterocycles. The van der Waals surface area contributed by atoms with Crippen molar-refractivity contribution in [3.8, 4) is 0 Å². The lowest BCUT2D eigenvalue weighted by Crippen LogP contribution is -2.16. The molecule has 0 fully saturated rings. The van der Waals surface area contributed by atoms with E-state index in [0.29, 0.717) is 21.5 Å². The summed E-state index contributed by atoms with van der Waals surface area (Å²) < 4.78 is 9.38. The van der Waals surface area contributed by atoms with Gasteiger partial charge in [-0.1, -0.05) is 11.6 Å². The standard InChI is InChI=1S/C14H12ClNO4/c1-7-9-6-8(15)4-5-10(9)16-12(14(18)20-3)11(7)13(17)19-2/h4-6H,1-3H3. The highest BCUT2D eigenvalue weighted by molar-refractivity contribution is 6.31. The molecule has 0 N–H and O–H groups in total. The van der Waals surface area contributed by atoms with Crippen LogP contribution >= 0.6 is 11.6 Å². The molecule has 104 valence electrons. The molecular formula is C14H12ClNO4. The monoisotopic (exact) mass is 293 g/mol. The molecule has 2 rings (SSSR count). The van der Waals surface area contributed by atoms with Gasteiger partial charge in [-0.3, -0.25) is 0 Å². The molecular weight excluding hydrogens is 282 g/mol. The largest absolute Gasteiger partial charge is 0.465 e. The minimum absolute atomic E-state index is 0.0633. The Labute approximate surface area is 120 Å². The minimum atomic E-state index is -0.689. The van der Waals surface area contributed by atoms with E-state index in [1.807, 2.05) is 0 Å². The van der Waals surface area contributed by atoms with Crippen LogP contribution < -0.4 is 0 Å². The Kier molecular flexibility index (Phi) is 3.90. The fraction of sp³-hybridized carbons (Fsp3) is 0.214. The van der Waals surface area contributed by atoms with Gasteiger partial charge in [-0.2, -0.15) is 0 Å². The van der Waals surface area contributed by atoms with Crippen LogP contribution in [0.1, 0.15) is 26.4 Å². The Morgan fingerprint density at radius 1 is 1.15 bits per heavy atom. The number of carbonyl (C=O) groups is 2. The smallest absolute Gasteiger partial charge is 0.357 e. The number of aryl methyl sites for hydroxylation is 1. The summed E-state index contributed by atoms with van der Waals surface area (Å²) in [5.41, 5.74) is 1.16. The molecule has 0 aliphatic rings. The fourth-order valence-corrected chi connectivity index (χ4v) is 2.16. The third kappa shape index (κ3) is 2.32. The van der Waals surface area contributed by atoms with Crippen molar-refractivity contribution in [2.75, 3.05) is 14.2 Å². The van der Waals surface area contributed by atoms with E-state index in [0.717, 1.165) is 0 Å². The van der Waals surface area contributed by atoms with Crippen LogP contribution in [-0.4, -0.2) is 31.1 Å².